The van der Waals surface area contributed by atoms with E-state index in [1.807, 2.05) is 24.3 Å². The molecule has 1 radical (unpaired) electrons. The van der Waals surface area contributed by atoms with Crippen LogP contribution in [-0.2, 0) is 0 Å². The molecule has 1 aliphatic heterocycles. The highest BCUT2D eigenvalue weighted by Crippen LogP contribution is 2.32. The highest BCUT2D eigenvalue weighted by molar-refractivity contribution is 5.97. The lowest BCUT2D eigenvalue weighted by atomic mass is 10.0. The molecule has 1 heterocycles. The number of hydrogen-bond acceptors (Lipinski definition) is 1. The Morgan fingerprint density at radius 3 is 2.37 bits per heavy atom. The third-order valence-corrected chi connectivity index (χ3v) is 3.78. The number of fused-ring (bicyclic) bond motifs is 1. The van der Waals surface area contributed by atoms with Crippen molar-refractivity contribution in [2.24, 2.45) is 10.9 Å². The number of benzene rings is 1. The summed E-state index contributed by atoms with van der Waals surface area (Å²) < 4.78 is 0. The van der Waals surface area contributed by atoms with Crippen molar-refractivity contribution in [2.75, 3.05) is 0 Å². The minimum atomic E-state index is 0.485. The summed E-state index contributed by atoms with van der Waals surface area (Å²) in [5, 5.41) is 4.63. The van der Waals surface area contributed by atoms with Crippen molar-refractivity contribution in [2.45, 2.75) is 58.8 Å². The van der Waals surface area contributed by atoms with E-state index in [9.17, 15) is 0 Å². The van der Waals surface area contributed by atoms with E-state index in [1.54, 1.807) is 0 Å². The van der Waals surface area contributed by atoms with Gasteiger partial charge in [0.2, 0.25) is 0 Å². The molecule has 1 aliphatic rings. The number of amidine groups is 1. The van der Waals surface area contributed by atoms with Crippen LogP contribution in [0, 0.1) is 5.92 Å². The van der Waals surface area contributed by atoms with E-state index in [1.165, 1.54) is 44.9 Å². The third-order valence-electron chi connectivity index (χ3n) is 3.78. The Hall–Kier alpha value is -1.31. The van der Waals surface area contributed by atoms with Gasteiger partial charge < -0.3 is 0 Å². The summed E-state index contributed by atoms with van der Waals surface area (Å²) in [7, 11) is 0. The maximum absolute atomic E-state index is 4.63. The molecule has 0 bridgehead atoms. The molecule has 103 valence electrons. The number of nitrogens with zero attached hydrogens (tertiary/aromatic N) is 2. The van der Waals surface area contributed by atoms with Crippen LogP contribution in [-0.4, -0.2) is 5.84 Å². The van der Waals surface area contributed by atoms with E-state index in [0.717, 1.165) is 17.2 Å². The molecule has 0 saturated heterocycles. The lowest BCUT2D eigenvalue weighted by Gasteiger charge is -2.10. The zero-order valence-electron chi connectivity index (χ0n) is 12.2. The average molecular weight is 257 g/mol. The van der Waals surface area contributed by atoms with Gasteiger partial charge >= 0.3 is 0 Å². The molecule has 0 spiro atoms. The first kappa shape index (κ1) is 14.1. The Kier molecular flexibility index (Phi) is 5.44. The number of para-hydroxylation sites is 2. The van der Waals surface area contributed by atoms with Gasteiger partial charge in [0.15, 0.2) is 0 Å². The molecule has 0 saturated carbocycles. The maximum Gasteiger partial charge on any atom is 0.132 e. The number of aliphatic imine (C=N–C) groups is 1. The number of hydrogen-bond donors (Lipinski definition) is 0. The first-order chi connectivity index (χ1) is 9.31. The highest BCUT2D eigenvalue weighted by atomic mass is 15.1. The van der Waals surface area contributed by atoms with Crippen LogP contribution in [0.25, 0.3) is 0 Å². The lowest BCUT2D eigenvalue weighted by molar-refractivity contribution is 0.553. The fourth-order valence-corrected chi connectivity index (χ4v) is 2.51. The second kappa shape index (κ2) is 7.32. The van der Waals surface area contributed by atoms with Crippen LogP contribution in [0.15, 0.2) is 29.3 Å². The van der Waals surface area contributed by atoms with Gasteiger partial charge in [-0.2, -0.15) is 0 Å². The topological polar surface area (TPSA) is 26.5 Å². The molecule has 1 aromatic carbocycles. The highest BCUT2D eigenvalue weighted by Gasteiger charge is 2.19. The quantitative estimate of drug-likeness (QED) is 0.561. The van der Waals surface area contributed by atoms with E-state index < -0.39 is 0 Å². The Balaban J connectivity index is 1.69. The molecular formula is C17H25N2. The molecule has 0 aliphatic carbocycles. The summed E-state index contributed by atoms with van der Waals surface area (Å²) in [5.74, 6) is 1.51. The fraction of sp³-hybridized carbons (Fsp3) is 0.588. The van der Waals surface area contributed by atoms with Crippen LogP contribution < -0.4 is 5.32 Å². The summed E-state index contributed by atoms with van der Waals surface area (Å²) in [6.07, 6.45) is 9.34. The summed E-state index contributed by atoms with van der Waals surface area (Å²) in [6.45, 7) is 4.51. The van der Waals surface area contributed by atoms with Crippen LogP contribution >= 0.6 is 0 Å². The molecule has 2 nitrogen and oxygen atoms in total. The first-order valence-electron chi connectivity index (χ1n) is 7.70. The second-order valence-corrected chi connectivity index (χ2v) is 5.53. The van der Waals surface area contributed by atoms with Gasteiger partial charge in [0, 0.05) is 5.92 Å². The molecule has 2 rings (SSSR count). The maximum atomic E-state index is 4.63. The molecule has 0 fully saturated rings. The van der Waals surface area contributed by atoms with E-state index in [0.29, 0.717) is 5.92 Å². The van der Waals surface area contributed by atoms with E-state index >= 15 is 0 Å². The average Bonchev–Trinajstić information content (AvgIpc) is 2.86. The van der Waals surface area contributed by atoms with Crippen molar-refractivity contribution >= 4 is 17.2 Å². The number of unbranched alkanes of at least 4 members (excludes halogenated alkanes) is 5. The van der Waals surface area contributed by atoms with Crippen molar-refractivity contribution in [1.82, 2.24) is 5.32 Å². The van der Waals surface area contributed by atoms with E-state index in [2.05, 4.69) is 24.2 Å². The smallest absolute Gasteiger partial charge is 0.132 e. The van der Waals surface area contributed by atoms with Gasteiger partial charge in [0.25, 0.3) is 0 Å². The predicted molar refractivity (Wildman–Crippen MR) is 82.5 cm³/mol. The normalized spacial score (nSPS) is 14.7. The Morgan fingerprint density at radius 1 is 0.947 bits per heavy atom. The molecule has 0 aromatic heterocycles. The Labute approximate surface area is 117 Å². The van der Waals surface area contributed by atoms with Gasteiger partial charge in [-0.3, -0.25) is 0 Å². The summed E-state index contributed by atoms with van der Waals surface area (Å²) >= 11 is 0. The van der Waals surface area contributed by atoms with Crippen LogP contribution in [0.3, 0.4) is 0 Å². The van der Waals surface area contributed by atoms with Gasteiger partial charge in [-0.05, 0) is 18.6 Å². The number of rotatable bonds is 8. The third kappa shape index (κ3) is 4.09. The predicted octanol–water partition coefficient (Wildman–Crippen LogP) is 5.35. The molecule has 0 amide bonds. The fourth-order valence-electron chi connectivity index (χ4n) is 2.51. The molecular weight excluding hydrogens is 232 g/mol. The second-order valence-electron chi connectivity index (χ2n) is 5.53. The van der Waals surface area contributed by atoms with E-state index in [-0.39, 0.29) is 0 Å². The van der Waals surface area contributed by atoms with Gasteiger partial charge in [0.05, 0.1) is 11.4 Å². The summed E-state index contributed by atoms with van der Waals surface area (Å²) in [5.41, 5.74) is 2.07. The molecule has 1 aromatic rings. The molecule has 1 unspecified atom stereocenters. The van der Waals surface area contributed by atoms with Crippen molar-refractivity contribution in [3.05, 3.63) is 24.3 Å². The van der Waals surface area contributed by atoms with Crippen molar-refractivity contribution < 1.29 is 0 Å². The van der Waals surface area contributed by atoms with Crippen molar-refractivity contribution in [3.63, 3.8) is 0 Å². The zero-order valence-corrected chi connectivity index (χ0v) is 12.2. The van der Waals surface area contributed by atoms with E-state index in [4.69, 9.17) is 0 Å². The van der Waals surface area contributed by atoms with Crippen LogP contribution in [0.2, 0.25) is 0 Å². The molecule has 1 atom stereocenters. The largest absolute Gasteiger partial charge is 0.231 e. The molecule has 2 heteroatoms. The van der Waals surface area contributed by atoms with Crippen LogP contribution in [0.5, 0.6) is 0 Å². The monoisotopic (exact) mass is 257 g/mol. The molecule has 0 N–H and O–H groups in total. The minimum Gasteiger partial charge on any atom is -0.231 e. The van der Waals surface area contributed by atoms with Gasteiger partial charge in [-0.15, -0.1) is 0 Å². The Morgan fingerprint density at radius 2 is 1.63 bits per heavy atom. The van der Waals surface area contributed by atoms with Crippen LogP contribution in [0.4, 0.5) is 11.4 Å². The lowest BCUT2D eigenvalue weighted by Crippen LogP contribution is -2.16. The van der Waals surface area contributed by atoms with Gasteiger partial charge in [0.1, 0.15) is 5.84 Å². The van der Waals surface area contributed by atoms with Gasteiger partial charge in [-0.1, -0.05) is 64.5 Å². The minimum absolute atomic E-state index is 0.485. The SMILES string of the molecule is CCCCCCCCC(C)C1=Nc2ccccc2[N]1. The zero-order chi connectivity index (χ0) is 13.5. The standard InChI is InChI=1S/C17H25N2/c1-3-4-5-6-7-8-11-14(2)17-18-15-12-9-10-13-16(15)19-17/h9-10,12-14H,3-8,11H2,1-2H3. The van der Waals surface area contributed by atoms with Gasteiger partial charge in [-0.25, -0.2) is 10.3 Å². The first-order valence-corrected chi connectivity index (χ1v) is 7.70. The van der Waals surface area contributed by atoms with Crippen LogP contribution in [0.1, 0.15) is 58.8 Å². The van der Waals surface area contributed by atoms with Crippen molar-refractivity contribution in [1.29, 1.82) is 0 Å². The summed E-state index contributed by atoms with van der Waals surface area (Å²) in [4.78, 5) is 4.63. The summed E-state index contributed by atoms with van der Waals surface area (Å²) in [6, 6.07) is 8.14. The Bertz CT molecular complexity index is 423. The van der Waals surface area contributed by atoms with Crippen molar-refractivity contribution in [3.8, 4) is 0 Å². The molecule has 19 heavy (non-hydrogen) atoms.